The summed E-state index contributed by atoms with van der Waals surface area (Å²) < 4.78 is 0. The van der Waals surface area contributed by atoms with Crippen LogP contribution in [0.2, 0.25) is 0 Å². The summed E-state index contributed by atoms with van der Waals surface area (Å²) in [6.45, 7) is -0.227. The number of aliphatic hydroxyl groups is 2. The van der Waals surface area contributed by atoms with Crippen LogP contribution in [0.15, 0.2) is 0 Å². The first-order chi connectivity index (χ1) is 5.29. The molecule has 0 heterocycles. The molecule has 0 amide bonds. The highest BCUT2D eigenvalue weighted by atomic mass is 16.3. The second-order valence-corrected chi connectivity index (χ2v) is 3.14. The van der Waals surface area contributed by atoms with Crippen LogP contribution < -0.4 is 0 Å². The Balaban J connectivity index is 2.48. The van der Waals surface area contributed by atoms with E-state index in [1.165, 1.54) is 0 Å². The summed E-state index contributed by atoms with van der Waals surface area (Å²) >= 11 is 0. The van der Waals surface area contributed by atoms with E-state index in [-0.39, 0.29) is 18.4 Å². The number of carbonyl (C=O) groups is 1. The van der Waals surface area contributed by atoms with Gasteiger partial charge in [0, 0.05) is 5.92 Å². The minimum absolute atomic E-state index is 0.00231. The Morgan fingerprint density at radius 1 is 1.55 bits per heavy atom. The second-order valence-electron chi connectivity index (χ2n) is 3.14. The Labute approximate surface area is 66.0 Å². The van der Waals surface area contributed by atoms with E-state index >= 15 is 0 Å². The third-order valence-electron chi connectivity index (χ3n) is 2.48. The lowest BCUT2D eigenvalue weighted by Gasteiger charge is -2.18. The van der Waals surface area contributed by atoms with Gasteiger partial charge >= 0.3 is 0 Å². The SMILES string of the molecule is O=CC1CCCC1C(O)CO. The van der Waals surface area contributed by atoms with Gasteiger partial charge in [-0.2, -0.15) is 0 Å². The van der Waals surface area contributed by atoms with Crippen LogP contribution in [0.4, 0.5) is 0 Å². The van der Waals surface area contributed by atoms with Crippen molar-refractivity contribution in [3.63, 3.8) is 0 Å². The van der Waals surface area contributed by atoms with Crippen molar-refractivity contribution in [3.05, 3.63) is 0 Å². The lowest BCUT2D eigenvalue weighted by atomic mass is 9.92. The van der Waals surface area contributed by atoms with Crippen molar-refractivity contribution in [3.8, 4) is 0 Å². The molecule has 0 radical (unpaired) electrons. The van der Waals surface area contributed by atoms with Gasteiger partial charge in [-0.1, -0.05) is 6.42 Å². The second kappa shape index (κ2) is 3.83. The Hall–Kier alpha value is -0.410. The maximum atomic E-state index is 10.4. The standard InChI is InChI=1S/C8H14O3/c9-4-6-2-1-3-7(6)8(11)5-10/h4,6-8,10-11H,1-3,5H2. The zero-order chi connectivity index (χ0) is 8.27. The predicted molar refractivity (Wildman–Crippen MR) is 40.0 cm³/mol. The molecule has 0 aromatic heterocycles. The Kier molecular flexibility index (Phi) is 3.02. The van der Waals surface area contributed by atoms with Crippen molar-refractivity contribution < 1.29 is 15.0 Å². The summed E-state index contributed by atoms with van der Waals surface area (Å²) in [6.07, 6.45) is 2.92. The van der Waals surface area contributed by atoms with Gasteiger partial charge in [-0.15, -0.1) is 0 Å². The molecule has 0 aromatic carbocycles. The van der Waals surface area contributed by atoms with Gasteiger partial charge in [0.2, 0.25) is 0 Å². The van der Waals surface area contributed by atoms with E-state index in [1.54, 1.807) is 0 Å². The van der Waals surface area contributed by atoms with E-state index in [1.807, 2.05) is 0 Å². The normalized spacial score (nSPS) is 33.6. The fourth-order valence-electron chi connectivity index (χ4n) is 1.80. The average molecular weight is 158 g/mol. The number of hydrogen-bond donors (Lipinski definition) is 2. The van der Waals surface area contributed by atoms with Gasteiger partial charge in [0.15, 0.2) is 0 Å². The maximum absolute atomic E-state index is 10.4. The smallest absolute Gasteiger partial charge is 0.123 e. The minimum Gasteiger partial charge on any atom is -0.394 e. The number of carbonyl (C=O) groups excluding carboxylic acids is 1. The van der Waals surface area contributed by atoms with E-state index in [2.05, 4.69) is 0 Å². The fraction of sp³-hybridized carbons (Fsp3) is 0.875. The Morgan fingerprint density at radius 2 is 2.27 bits per heavy atom. The van der Waals surface area contributed by atoms with Gasteiger partial charge in [-0.3, -0.25) is 0 Å². The Bertz CT molecular complexity index is 135. The van der Waals surface area contributed by atoms with Gasteiger partial charge in [0.1, 0.15) is 6.29 Å². The molecular weight excluding hydrogens is 144 g/mol. The van der Waals surface area contributed by atoms with Gasteiger partial charge in [0.05, 0.1) is 12.7 Å². The number of aliphatic hydroxyl groups excluding tert-OH is 2. The van der Waals surface area contributed by atoms with E-state index in [0.717, 1.165) is 25.5 Å². The van der Waals surface area contributed by atoms with Crippen molar-refractivity contribution in [2.45, 2.75) is 25.4 Å². The highest BCUT2D eigenvalue weighted by molar-refractivity contribution is 5.54. The fourth-order valence-corrected chi connectivity index (χ4v) is 1.80. The molecule has 0 aromatic rings. The van der Waals surface area contributed by atoms with E-state index < -0.39 is 6.10 Å². The molecule has 3 atom stereocenters. The summed E-state index contributed by atoms with van der Waals surface area (Å²) in [5.74, 6) is -0.0327. The minimum atomic E-state index is -0.701. The molecule has 0 spiro atoms. The number of hydrogen-bond acceptors (Lipinski definition) is 3. The largest absolute Gasteiger partial charge is 0.394 e. The van der Waals surface area contributed by atoms with Crippen molar-refractivity contribution in [1.29, 1.82) is 0 Å². The first-order valence-electron chi connectivity index (χ1n) is 4.03. The molecule has 64 valence electrons. The molecular formula is C8H14O3. The molecule has 0 bridgehead atoms. The van der Waals surface area contributed by atoms with E-state index in [4.69, 9.17) is 5.11 Å². The summed E-state index contributed by atoms with van der Waals surface area (Å²) in [6, 6.07) is 0. The van der Waals surface area contributed by atoms with Crippen LogP contribution >= 0.6 is 0 Å². The quantitative estimate of drug-likeness (QED) is 0.566. The first-order valence-corrected chi connectivity index (χ1v) is 4.03. The molecule has 2 N–H and O–H groups in total. The molecule has 3 unspecified atom stereocenters. The van der Waals surface area contributed by atoms with Crippen LogP contribution in [0.5, 0.6) is 0 Å². The van der Waals surface area contributed by atoms with Crippen LogP contribution in [0.25, 0.3) is 0 Å². The van der Waals surface area contributed by atoms with Gasteiger partial charge in [-0.25, -0.2) is 0 Å². The average Bonchev–Trinajstić information content (AvgIpc) is 2.50. The monoisotopic (exact) mass is 158 g/mol. The summed E-state index contributed by atoms with van der Waals surface area (Å²) in [4.78, 5) is 10.4. The molecule has 3 heteroatoms. The number of rotatable bonds is 3. The lowest BCUT2D eigenvalue weighted by molar-refractivity contribution is -0.113. The topological polar surface area (TPSA) is 57.5 Å². The molecule has 0 saturated heterocycles. The molecule has 1 fully saturated rings. The first kappa shape index (κ1) is 8.68. The van der Waals surface area contributed by atoms with Gasteiger partial charge in [0.25, 0.3) is 0 Å². The van der Waals surface area contributed by atoms with Crippen molar-refractivity contribution >= 4 is 6.29 Å². The molecule has 11 heavy (non-hydrogen) atoms. The van der Waals surface area contributed by atoms with Gasteiger partial charge in [-0.05, 0) is 18.8 Å². The molecule has 1 aliphatic carbocycles. The summed E-state index contributed by atoms with van der Waals surface area (Å²) in [5.41, 5.74) is 0. The summed E-state index contributed by atoms with van der Waals surface area (Å²) in [7, 11) is 0. The van der Waals surface area contributed by atoms with Crippen molar-refractivity contribution in [2.24, 2.45) is 11.8 Å². The van der Waals surface area contributed by atoms with Crippen LogP contribution in [0.3, 0.4) is 0 Å². The Morgan fingerprint density at radius 3 is 2.82 bits per heavy atom. The van der Waals surface area contributed by atoms with Crippen molar-refractivity contribution in [2.75, 3.05) is 6.61 Å². The van der Waals surface area contributed by atoms with Crippen LogP contribution in [-0.4, -0.2) is 29.2 Å². The highest BCUT2D eigenvalue weighted by Gasteiger charge is 2.31. The van der Waals surface area contributed by atoms with Crippen molar-refractivity contribution in [1.82, 2.24) is 0 Å². The third kappa shape index (κ3) is 1.79. The number of aldehydes is 1. The predicted octanol–water partition coefficient (Wildman–Crippen LogP) is -0.0452. The van der Waals surface area contributed by atoms with Crippen LogP contribution in [-0.2, 0) is 4.79 Å². The summed E-state index contributed by atoms with van der Waals surface area (Å²) in [5, 5.41) is 17.9. The van der Waals surface area contributed by atoms with Crippen LogP contribution in [0.1, 0.15) is 19.3 Å². The third-order valence-corrected chi connectivity index (χ3v) is 2.48. The van der Waals surface area contributed by atoms with Gasteiger partial charge < -0.3 is 15.0 Å². The van der Waals surface area contributed by atoms with E-state index in [0.29, 0.717) is 0 Å². The highest BCUT2D eigenvalue weighted by Crippen LogP contribution is 2.32. The van der Waals surface area contributed by atoms with E-state index in [9.17, 15) is 9.90 Å². The molecule has 3 nitrogen and oxygen atoms in total. The zero-order valence-corrected chi connectivity index (χ0v) is 6.44. The molecule has 1 saturated carbocycles. The maximum Gasteiger partial charge on any atom is 0.123 e. The zero-order valence-electron chi connectivity index (χ0n) is 6.44. The molecule has 0 aliphatic heterocycles. The van der Waals surface area contributed by atoms with Crippen LogP contribution in [0, 0.1) is 11.8 Å². The lowest BCUT2D eigenvalue weighted by Crippen LogP contribution is -2.27. The molecule has 1 rings (SSSR count). The molecule has 1 aliphatic rings.